The van der Waals surface area contributed by atoms with Crippen LogP contribution in [0.4, 0.5) is 5.69 Å². The molecule has 0 saturated carbocycles. The van der Waals surface area contributed by atoms with Crippen molar-refractivity contribution in [3.05, 3.63) is 64.6 Å². The van der Waals surface area contributed by atoms with Crippen LogP contribution in [0.25, 0.3) is 11.1 Å². The van der Waals surface area contributed by atoms with E-state index in [1.165, 1.54) is 12.5 Å². The van der Waals surface area contributed by atoms with Gasteiger partial charge in [0.25, 0.3) is 0 Å². The Bertz CT molecular complexity index is 1000. The van der Waals surface area contributed by atoms with Crippen LogP contribution in [0, 0.1) is 0 Å². The molecule has 140 valence electrons. The van der Waals surface area contributed by atoms with Crippen LogP contribution in [0.2, 0.25) is 0 Å². The Morgan fingerprint density at radius 2 is 1.96 bits per heavy atom. The van der Waals surface area contributed by atoms with E-state index in [9.17, 15) is 9.59 Å². The van der Waals surface area contributed by atoms with Crippen LogP contribution >= 0.6 is 0 Å². The highest BCUT2D eigenvalue weighted by atomic mass is 16.4. The first kappa shape index (κ1) is 17.5. The standard InChI is InChI=1S/C21H23N3O3/c1-15(25)22-17-10-8-16(9-11-17)13-23-12-4-5-18(14-23)24-19-6-2-3-7-20(19)27-21(24)26/h2-3,6-11,18H,4-5,12-14H2,1H3,(H,22,25)/t18-/m1/s1. The summed E-state index contributed by atoms with van der Waals surface area (Å²) in [5, 5.41) is 2.78. The summed E-state index contributed by atoms with van der Waals surface area (Å²) in [6.45, 7) is 4.15. The summed E-state index contributed by atoms with van der Waals surface area (Å²) in [5.41, 5.74) is 3.51. The summed E-state index contributed by atoms with van der Waals surface area (Å²) in [6.07, 6.45) is 2.02. The number of benzene rings is 2. The number of piperidine rings is 1. The van der Waals surface area contributed by atoms with Gasteiger partial charge in [0.05, 0.1) is 11.6 Å². The summed E-state index contributed by atoms with van der Waals surface area (Å²) >= 11 is 0. The third-order valence-electron chi connectivity index (χ3n) is 5.05. The maximum absolute atomic E-state index is 12.4. The Hall–Kier alpha value is -2.86. The van der Waals surface area contributed by atoms with Gasteiger partial charge in [-0.15, -0.1) is 0 Å². The number of fused-ring (bicyclic) bond motifs is 1. The Morgan fingerprint density at radius 1 is 1.19 bits per heavy atom. The van der Waals surface area contributed by atoms with E-state index in [-0.39, 0.29) is 17.7 Å². The van der Waals surface area contributed by atoms with Crippen LogP contribution < -0.4 is 11.1 Å². The second-order valence-corrected chi connectivity index (χ2v) is 7.11. The lowest BCUT2D eigenvalue weighted by Crippen LogP contribution is -2.38. The highest BCUT2D eigenvalue weighted by Crippen LogP contribution is 2.26. The molecule has 0 aliphatic carbocycles. The molecule has 1 aliphatic heterocycles. The molecule has 0 unspecified atom stereocenters. The lowest BCUT2D eigenvalue weighted by atomic mass is 10.0. The third-order valence-corrected chi connectivity index (χ3v) is 5.05. The molecule has 2 aromatic carbocycles. The van der Waals surface area contributed by atoms with Gasteiger partial charge in [0.1, 0.15) is 0 Å². The van der Waals surface area contributed by atoms with Gasteiger partial charge in [-0.05, 0) is 49.2 Å². The van der Waals surface area contributed by atoms with Gasteiger partial charge in [0.2, 0.25) is 5.91 Å². The summed E-state index contributed by atoms with van der Waals surface area (Å²) < 4.78 is 7.21. The predicted octanol–water partition coefficient (Wildman–Crippen LogP) is 3.39. The monoisotopic (exact) mass is 365 g/mol. The number of amides is 1. The van der Waals surface area contributed by atoms with Crippen molar-refractivity contribution in [2.45, 2.75) is 32.4 Å². The first-order valence-electron chi connectivity index (χ1n) is 9.29. The number of para-hydroxylation sites is 2. The van der Waals surface area contributed by atoms with E-state index in [0.717, 1.165) is 43.7 Å². The van der Waals surface area contributed by atoms with Crippen molar-refractivity contribution < 1.29 is 9.21 Å². The number of aromatic nitrogens is 1. The van der Waals surface area contributed by atoms with Gasteiger partial charge in [-0.3, -0.25) is 14.3 Å². The van der Waals surface area contributed by atoms with Gasteiger partial charge in [-0.1, -0.05) is 24.3 Å². The lowest BCUT2D eigenvalue weighted by molar-refractivity contribution is -0.114. The van der Waals surface area contributed by atoms with Crippen molar-refractivity contribution in [3.8, 4) is 0 Å². The van der Waals surface area contributed by atoms with Crippen LogP contribution in [0.3, 0.4) is 0 Å². The number of hydrogen-bond acceptors (Lipinski definition) is 4. The van der Waals surface area contributed by atoms with Crippen LogP contribution in [0.15, 0.2) is 57.7 Å². The van der Waals surface area contributed by atoms with E-state index < -0.39 is 0 Å². The average Bonchev–Trinajstić information content (AvgIpc) is 2.99. The Morgan fingerprint density at radius 3 is 2.74 bits per heavy atom. The molecule has 1 N–H and O–H groups in total. The van der Waals surface area contributed by atoms with Gasteiger partial charge >= 0.3 is 5.76 Å². The van der Waals surface area contributed by atoms with E-state index >= 15 is 0 Å². The fourth-order valence-corrected chi connectivity index (χ4v) is 3.87. The highest BCUT2D eigenvalue weighted by molar-refractivity contribution is 5.88. The number of rotatable bonds is 4. The largest absolute Gasteiger partial charge is 0.420 e. The zero-order valence-electron chi connectivity index (χ0n) is 15.4. The van der Waals surface area contributed by atoms with Crippen LogP contribution in [0.1, 0.15) is 31.4 Å². The topological polar surface area (TPSA) is 67.5 Å². The molecule has 4 rings (SSSR count). The van der Waals surface area contributed by atoms with Gasteiger partial charge in [0.15, 0.2) is 5.58 Å². The molecule has 1 amide bonds. The summed E-state index contributed by atoms with van der Waals surface area (Å²) in [5.74, 6) is -0.345. The number of anilines is 1. The molecule has 1 aliphatic rings. The van der Waals surface area contributed by atoms with Crippen molar-refractivity contribution in [3.63, 3.8) is 0 Å². The van der Waals surface area contributed by atoms with E-state index in [4.69, 9.17) is 4.42 Å². The van der Waals surface area contributed by atoms with E-state index in [1.54, 1.807) is 4.57 Å². The number of hydrogen-bond donors (Lipinski definition) is 1. The van der Waals surface area contributed by atoms with Crippen molar-refractivity contribution in [2.75, 3.05) is 18.4 Å². The number of nitrogens with zero attached hydrogens (tertiary/aromatic N) is 2. The quantitative estimate of drug-likeness (QED) is 0.770. The molecule has 1 aromatic heterocycles. The smallest absolute Gasteiger partial charge is 0.408 e. The maximum Gasteiger partial charge on any atom is 0.420 e. The number of carbonyl (C=O) groups is 1. The van der Waals surface area contributed by atoms with Crippen LogP contribution in [-0.4, -0.2) is 28.5 Å². The minimum Gasteiger partial charge on any atom is -0.408 e. The van der Waals surface area contributed by atoms with Crippen molar-refractivity contribution in [1.82, 2.24) is 9.47 Å². The van der Waals surface area contributed by atoms with Gasteiger partial charge < -0.3 is 9.73 Å². The fraction of sp³-hybridized carbons (Fsp3) is 0.333. The van der Waals surface area contributed by atoms with Gasteiger partial charge in [0, 0.05) is 25.7 Å². The van der Waals surface area contributed by atoms with Crippen LogP contribution in [0.5, 0.6) is 0 Å². The Kier molecular flexibility index (Phi) is 4.81. The molecule has 0 spiro atoms. The highest BCUT2D eigenvalue weighted by Gasteiger charge is 2.25. The molecule has 3 aromatic rings. The number of nitrogens with one attached hydrogen (secondary N) is 1. The zero-order valence-corrected chi connectivity index (χ0v) is 15.4. The molecule has 1 fully saturated rings. The fourth-order valence-electron chi connectivity index (χ4n) is 3.87. The molecule has 6 nitrogen and oxygen atoms in total. The van der Waals surface area contributed by atoms with E-state index in [1.807, 2.05) is 48.5 Å². The third kappa shape index (κ3) is 3.80. The number of oxazole rings is 1. The summed E-state index contributed by atoms with van der Waals surface area (Å²) in [7, 11) is 0. The van der Waals surface area contributed by atoms with Crippen molar-refractivity contribution in [2.24, 2.45) is 0 Å². The minimum atomic E-state index is -0.275. The molecular formula is C21H23N3O3. The van der Waals surface area contributed by atoms with Crippen LogP contribution in [-0.2, 0) is 11.3 Å². The van der Waals surface area contributed by atoms with Gasteiger partial charge in [-0.25, -0.2) is 4.79 Å². The lowest BCUT2D eigenvalue weighted by Gasteiger charge is -2.33. The predicted molar refractivity (Wildman–Crippen MR) is 105 cm³/mol. The Balaban J connectivity index is 1.49. The average molecular weight is 365 g/mol. The molecule has 6 heteroatoms. The van der Waals surface area contributed by atoms with E-state index in [0.29, 0.717) is 5.58 Å². The molecule has 27 heavy (non-hydrogen) atoms. The molecular weight excluding hydrogens is 342 g/mol. The summed E-state index contributed by atoms with van der Waals surface area (Å²) in [6, 6.07) is 15.6. The molecule has 0 bridgehead atoms. The molecule has 2 heterocycles. The van der Waals surface area contributed by atoms with Crippen molar-refractivity contribution in [1.29, 1.82) is 0 Å². The SMILES string of the molecule is CC(=O)Nc1ccc(CN2CCC[C@@H](n3c(=O)oc4ccccc43)C2)cc1. The second-order valence-electron chi connectivity index (χ2n) is 7.11. The minimum absolute atomic E-state index is 0.0700. The number of carbonyl (C=O) groups excluding carboxylic acids is 1. The zero-order chi connectivity index (χ0) is 18.8. The normalized spacial score (nSPS) is 17.9. The molecule has 1 saturated heterocycles. The Labute approximate surface area is 157 Å². The maximum atomic E-state index is 12.4. The van der Waals surface area contributed by atoms with Crippen molar-refractivity contribution >= 4 is 22.7 Å². The first-order chi connectivity index (χ1) is 13.1. The second kappa shape index (κ2) is 7.40. The van der Waals surface area contributed by atoms with Gasteiger partial charge in [-0.2, -0.15) is 0 Å². The summed E-state index contributed by atoms with van der Waals surface area (Å²) in [4.78, 5) is 25.9. The molecule has 0 radical (unpaired) electrons. The first-order valence-corrected chi connectivity index (χ1v) is 9.29. The number of likely N-dealkylation sites (tertiary alicyclic amines) is 1. The van der Waals surface area contributed by atoms with E-state index in [2.05, 4.69) is 10.2 Å². The molecule has 1 atom stereocenters.